The van der Waals surface area contributed by atoms with Crippen LogP contribution in [-0.4, -0.2) is 16.9 Å². The summed E-state index contributed by atoms with van der Waals surface area (Å²) in [4.78, 5) is 0. The van der Waals surface area contributed by atoms with Gasteiger partial charge < -0.3 is 10.2 Å². The zero-order chi connectivity index (χ0) is 43.9. The molecule has 0 spiro atoms. The van der Waals surface area contributed by atoms with Crippen LogP contribution in [0.5, 0.6) is 0 Å². The van der Waals surface area contributed by atoms with Crippen molar-refractivity contribution in [2.45, 2.75) is 32.1 Å². The Balaban J connectivity index is 0.000000145. The quantitative estimate of drug-likeness (QED) is 0.141. The molecule has 63 heavy (non-hydrogen) atoms. The van der Waals surface area contributed by atoms with E-state index in [4.69, 9.17) is 0 Å². The van der Waals surface area contributed by atoms with E-state index in [1.54, 1.807) is 18.5 Å². The van der Waals surface area contributed by atoms with Gasteiger partial charge in [0.25, 0.3) is 0 Å². The zero-order valence-corrected chi connectivity index (χ0v) is 41.5. The molecule has 2 aliphatic carbocycles. The second-order valence-electron chi connectivity index (χ2n) is 15.0. The second-order valence-corrected chi connectivity index (χ2v) is 23.4. The van der Waals surface area contributed by atoms with Crippen molar-refractivity contribution in [3.05, 3.63) is 264 Å². The Morgan fingerprint density at radius 1 is 0.413 bits per heavy atom. The molecule has 0 saturated carbocycles. The maximum atomic E-state index is 10.3. The van der Waals surface area contributed by atoms with Gasteiger partial charge in [-0.3, -0.25) is 0 Å². The Labute approximate surface area is 389 Å². The van der Waals surface area contributed by atoms with Gasteiger partial charge in [-0.05, 0) is 97.8 Å². The Morgan fingerprint density at radius 3 is 0.952 bits per heavy atom. The molecule has 0 bridgehead atoms. The number of allylic oxidation sites excluding steroid dienone is 6. The fourth-order valence-electron chi connectivity index (χ4n) is 7.47. The summed E-state index contributed by atoms with van der Waals surface area (Å²) < 4.78 is 3.14. The van der Waals surface area contributed by atoms with Gasteiger partial charge in [0, 0.05) is 12.8 Å². The maximum absolute atomic E-state index is 10.3. The molecule has 9 rings (SSSR count). The van der Waals surface area contributed by atoms with Crippen LogP contribution in [0.4, 0.5) is 0 Å². The fourth-order valence-corrected chi connectivity index (χ4v) is 15.4. The van der Waals surface area contributed by atoms with Gasteiger partial charge >= 0.3 is 65.2 Å². The molecular weight excluding hydrogens is 996 g/mol. The van der Waals surface area contributed by atoms with Gasteiger partial charge in [-0.1, -0.05) is 121 Å². The third-order valence-electron chi connectivity index (χ3n) is 10.7. The van der Waals surface area contributed by atoms with Gasteiger partial charge in [0.05, 0.1) is 41.0 Å². The molecule has 2 N–H and O–H groups in total. The molecule has 0 aliphatic heterocycles. The summed E-state index contributed by atoms with van der Waals surface area (Å²) in [5.74, 6) is 0.940. The third-order valence-corrected chi connectivity index (χ3v) is 19.4. The first-order chi connectivity index (χ1) is 31.0. The molecule has 7 aromatic carbocycles. The summed E-state index contributed by atoms with van der Waals surface area (Å²) >= 11 is 1.60. The van der Waals surface area contributed by atoms with Gasteiger partial charge in [-0.15, -0.1) is 0 Å². The average Bonchev–Trinajstić information content (AvgIpc) is 3.36. The van der Waals surface area contributed by atoms with Crippen molar-refractivity contribution in [3.63, 3.8) is 0 Å². The Morgan fingerprint density at radius 2 is 0.683 bits per heavy atom. The van der Waals surface area contributed by atoms with Crippen LogP contribution in [0, 0.1) is 4.29 Å². The van der Waals surface area contributed by atoms with E-state index in [1.165, 1.54) is 48.0 Å². The molecule has 0 fully saturated rings. The minimum absolute atomic E-state index is 0.470. The Hall–Kier alpha value is -5.17. The number of aliphatic hydroxyl groups excluding tert-OH is 2. The Kier molecular flexibility index (Phi) is 19.9. The van der Waals surface area contributed by atoms with Crippen molar-refractivity contribution in [2.75, 3.05) is 6.66 Å². The standard InChI is InChI=1S/2C18H17OP.C13H13P.C8H7.Re/c2*19-17-13-7-8-14-18(17)20(15-9-3-1-4-10-15)16-11-5-2-6-12-16;1-14(12-8-4-2-5-9-12)13-10-6-3-7-11-13;1-2-8-6-4-3-5-7-8;/h2*1-7,9-13,19H,8,14H2;2-11H,1H3;3-7H,2H2;/p+3. The molecule has 2 nitrogen and oxygen atoms in total. The van der Waals surface area contributed by atoms with Crippen LogP contribution >= 0.6 is 23.8 Å². The van der Waals surface area contributed by atoms with Gasteiger partial charge in [-0.2, -0.15) is 0 Å². The second kappa shape index (κ2) is 26.5. The van der Waals surface area contributed by atoms with Crippen molar-refractivity contribution in [3.8, 4) is 4.29 Å². The normalized spacial score (nSPS) is 13.0. The SMILES string of the molecule is C[PH+](c1ccccc1)c1ccccc1.OC1=C([PH+](c2ccccc2)c2ccccc2)CCC=C1.OC1=C([PH+](c2ccccc2)c2ccccc2)CCC=C1.[Re]#[C]Cc1ccccc1. The first-order valence-corrected chi connectivity index (χ1v) is 27.8. The van der Waals surface area contributed by atoms with Gasteiger partial charge in [0.1, 0.15) is 31.8 Å². The summed E-state index contributed by atoms with van der Waals surface area (Å²) in [7, 11) is -2.69. The Bertz CT molecular complexity index is 2320. The third kappa shape index (κ3) is 14.7. The molecular formula is C57H57O2P3Re+3. The molecule has 0 radical (unpaired) electrons. The molecule has 6 heteroatoms. The van der Waals surface area contributed by atoms with Crippen LogP contribution < -0.4 is 31.8 Å². The molecule has 0 amide bonds. The van der Waals surface area contributed by atoms with Crippen LogP contribution in [0.3, 0.4) is 0 Å². The molecule has 0 atom stereocenters. The number of benzene rings is 7. The number of hydrogen-bond acceptors (Lipinski definition) is 2. The van der Waals surface area contributed by atoms with Crippen LogP contribution in [0.15, 0.2) is 259 Å². The molecule has 0 unspecified atom stereocenters. The monoisotopic (exact) mass is 1050 g/mol. The number of rotatable bonds is 9. The van der Waals surface area contributed by atoms with E-state index < -0.39 is 23.8 Å². The van der Waals surface area contributed by atoms with E-state index in [0.29, 0.717) is 11.5 Å². The average molecular weight is 1050 g/mol. The predicted octanol–water partition coefficient (Wildman–Crippen LogP) is 12.2. The zero-order valence-electron chi connectivity index (χ0n) is 35.8. The number of aliphatic hydroxyl groups is 2. The predicted molar refractivity (Wildman–Crippen MR) is 277 cm³/mol. The molecule has 0 heterocycles. The molecule has 2 aliphatic rings. The van der Waals surface area contributed by atoms with Gasteiger partial charge in [-0.25, -0.2) is 0 Å². The van der Waals surface area contributed by atoms with Crippen molar-refractivity contribution >= 4 is 55.6 Å². The van der Waals surface area contributed by atoms with E-state index in [2.05, 4.69) is 193 Å². The molecule has 7 aromatic rings. The van der Waals surface area contributed by atoms with Crippen molar-refractivity contribution in [2.24, 2.45) is 0 Å². The summed E-state index contributed by atoms with van der Waals surface area (Å²) in [6, 6.07) is 74.2. The first kappa shape index (κ1) is 47.3. The van der Waals surface area contributed by atoms with E-state index >= 15 is 0 Å². The van der Waals surface area contributed by atoms with Crippen LogP contribution in [-0.2, 0) is 25.0 Å². The summed E-state index contributed by atoms with van der Waals surface area (Å²) in [6.45, 7) is 2.34. The van der Waals surface area contributed by atoms with Gasteiger partial charge in [0.2, 0.25) is 0 Å². The van der Waals surface area contributed by atoms with Crippen LogP contribution in [0.25, 0.3) is 0 Å². The minimum atomic E-state index is -1.07. The summed E-state index contributed by atoms with van der Waals surface area (Å²) in [6.07, 6.45) is 12.8. The molecule has 0 saturated heterocycles. The number of hydrogen-bond donors (Lipinski definition) is 2. The van der Waals surface area contributed by atoms with Crippen LogP contribution in [0.1, 0.15) is 31.2 Å². The van der Waals surface area contributed by atoms with E-state index in [9.17, 15) is 10.2 Å². The van der Waals surface area contributed by atoms with Gasteiger partial charge in [0.15, 0.2) is 11.5 Å². The van der Waals surface area contributed by atoms with E-state index in [0.717, 1.165) is 32.1 Å². The summed E-state index contributed by atoms with van der Waals surface area (Å²) in [5, 5.41) is 31.3. The fraction of sp³-hybridized carbons (Fsp3) is 0.105. The molecule has 0 aromatic heterocycles. The molecule has 316 valence electrons. The van der Waals surface area contributed by atoms with Crippen molar-refractivity contribution < 1.29 is 28.8 Å². The van der Waals surface area contributed by atoms with E-state index in [1.807, 2.05) is 54.6 Å². The van der Waals surface area contributed by atoms with Crippen molar-refractivity contribution in [1.82, 2.24) is 0 Å². The topological polar surface area (TPSA) is 40.5 Å². The summed E-state index contributed by atoms with van der Waals surface area (Å²) in [5.41, 5.74) is 1.35. The van der Waals surface area contributed by atoms with Crippen LogP contribution in [0.2, 0.25) is 0 Å². The first-order valence-electron chi connectivity index (χ1n) is 21.5. The van der Waals surface area contributed by atoms with Crippen molar-refractivity contribution in [1.29, 1.82) is 0 Å². The van der Waals surface area contributed by atoms with E-state index in [-0.39, 0.29) is 0 Å².